The Morgan fingerprint density at radius 2 is 1.61 bits per heavy atom. The SMILES string of the molecule is O=C(Nc1ccccc1OCC(F)(F)F)c1c(F)cccc1F. The number of nitrogens with one attached hydrogen (secondary N) is 1. The number of hydrogen-bond donors (Lipinski definition) is 1. The van der Waals surface area contributed by atoms with Gasteiger partial charge in [0.05, 0.1) is 5.69 Å². The Kier molecular flexibility index (Phi) is 4.83. The first-order valence-corrected chi connectivity index (χ1v) is 6.32. The number of halogens is 5. The molecule has 2 rings (SSSR count). The van der Waals surface area contributed by atoms with Crippen molar-refractivity contribution >= 4 is 11.6 Å². The van der Waals surface area contributed by atoms with E-state index in [9.17, 15) is 26.7 Å². The fourth-order valence-electron chi connectivity index (χ4n) is 1.75. The first-order chi connectivity index (χ1) is 10.8. The molecule has 2 aromatic rings. The maximum absolute atomic E-state index is 13.5. The van der Waals surface area contributed by atoms with Crippen molar-refractivity contribution in [2.24, 2.45) is 0 Å². The summed E-state index contributed by atoms with van der Waals surface area (Å²) in [7, 11) is 0. The van der Waals surface area contributed by atoms with Crippen molar-refractivity contribution in [2.45, 2.75) is 6.18 Å². The smallest absolute Gasteiger partial charge is 0.422 e. The minimum Gasteiger partial charge on any atom is -0.482 e. The summed E-state index contributed by atoms with van der Waals surface area (Å²) < 4.78 is 68.2. The Balaban J connectivity index is 2.22. The Bertz CT molecular complexity index is 695. The molecule has 122 valence electrons. The van der Waals surface area contributed by atoms with Crippen molar-refractivity contribution in [2.75, 3.05) is 11.9 Å². The lowest BCUT2D eigenvalue weighted by atomic mass is 10.1. The van der Waals surface area contributed by atoms with Crippen LogP contribution >= 0.6 is 0 Å². The zero-order valence-electron chi connectivity index (χ0n) is 11.5. The predicted octanol–water partition coefficient (Wildman–Crippen LogP) is 4.16. The maximum Gasteiger partial charge on any atom is 0.422 e. The molecular weight excluding hydrogens is 321 g/mol. The predicted molar refractivity (Wildman–Crippen MR) is 72.3 cm³/mol. The van der Waals surface area contributed by atoms with Gasteiger partial charge in [-0.3, -0.25) is 4.79 Å². The van der Waals surface area contributed by atoms with Gasteiger partial charge in [-0.15, -0.1) is 0 Å². The second kappa shape index (κ2) is 6.64. The largest absolute Gasteiger partial charge is 0.482 e. The molecule has 0 atom stereocenters. The summed E-state index contributed by atoms with van der Waals surface area (Å²) in [5.74, 6) is -3.58. The van der Waals surface area contributed by atoms with Gasteiger partial charge in [0.25, 0.3) is 5.91 Å². The Morgan fingerprint density at radius 1 is 1.00 bits per heavy atom. The van der Waals surface area contributed by atoms with Gasteiger partial charge < -0.3 is 10.1 Å². The van der Waals surface area contributed by atoms with Gasteiger partial charge >= 0.3 is 6.18 Å². The molecule has 0 aliphatic carbocycles. The van der Waals surface area contributed by atoms with Crippen molar-refractivity contribution in [1.82, 2.24) is 0 Å². The van der Waals surface area contributed by atoms with Crippen LogP contribution < -0.4 is 10.1 Å². The molecule has 0 saturated carbocycles. The number of carbonyl (C=O) groups excluding carboxylic acids is 1. The Morgan fingerprint density at radius 3 is 2.22 bits per heavy atom. The maximum atomic E-state index is 13.5. The number of para-hydroxylation sites is 2. The topological polar surface area (TPSA) is 38.3 Å². The van der Waals surface area contributed by atoms with E-state index in [4.69, 9.17) is 0 Å². The molecular formula is C15H10F5NO2. The zero-order valence-corrected chi connectivity index (χ0v) is 11.5. The summed E-state index contributed by atoms with van der Waals surface area (Å²) >= 11 is 0. The standard InChI is InChI=1S/C15H10F5NO2/c16-9-4-3-5-10(17)13(9)14(22)21-11-6-1-2-7-12(11)23-8-15(18,19)20/h1-7H,8H2,(H,21,22). The number of rotatable bonds is 4. The normalized spacial score (nSPS) is 11.2. The van der Waals surface area contributed by atoms with Crippen molar-refractivity contribution < 1.29 is 31.5 Å². The molecule has 0 heterocycles. The lowest BCUT2D eigenvalue weighted by Crippen LogP contribution is -2.21. The summed E-state index contributed by atoms with van der Waals surface area (Å²) in [5.41, 5.74) is -0.970. The van der Waals surface area contributed by atoms with Gasteiger partial charge in [-0.1, -0.05) is 18.2 Å². The zero-order chi connectivity index (χ0) is 17.0. The van der Waals surface area contributed by atoms with E-state index in [1.165, 1.54) is 24.3 Å². The molecule has 1 N–H and O–H groups in total. The molecule has 0 fully saturated rings. The first-order valence-electron chi connectivity index (χ1n) is 6.32. The molecule has 2 aromatic carbocycles. The highest BCUT2D eigenvalue weighted by Crippen LogP contribution is 2.27. The summed E-state index contributed by atoms with van der Waals surface area (Å²) in [6, 6.07) is 8.14. The van der Waals surface area contributed by atoms with Crippen LogP contribution in [0, 0.1) is 11.6 Å². The van der Waals surface area contributed by atoms with Crippen LogP contribution in [-0.2, 0) is 0 Å². The third-order valence-electron chi connectivity index (χ3n) is 2.72. The number of benzene rings is 2. The third kappa shape index (κ3) is 4.41. The van der Waals surface area contributed by atoms with Gasteiger partial charge in [0.2, 0.25) is 0 Å². The van der Waals surface area contributed by atoms with Crippen LogP contribution in [0.25, 0.3) is 0 Å². The molecule has 0 aliphatic rings. The first kappa shape index (κ1) is 16.7. The number of hydrogen-bond acceptors (Lipinski definition) is 2. The Labute approximate surface area is 127 Å². The summed E-state index contributed by atoms with van der Waals surface area (Å²) in [6.45, 7) is -1.56. The van der Waals surface area contributed by atoms with Gasteiger partial charge in [0.15, 0.2) is 6.61 Å². The molecule has 0 saturated heterocycles. The summed E-state index contributed by atoms with van der Waals surface area (Å²) in [5, 5.41) is 2.13. The molecule has 0 aromatic heterocycles. The lowest BCUT2D eigenvalue weighted by Gasteiger charge is -2.14. The van der Waals surface area contributed by atoms with Crippen molar-refractivity contribution in [3.63, 3.8) is 0 Å². The number of amides is 1. The fourth-order valence-corrected chi connectivity index (χ4v) is 1.75. The molecule has 0 aliphatic heterocycles. The third-order valence-corrected chi connectivity index (χ3v) is 2.72. The molecule has 3 nitrogen and oxygen atoms in total. The minimum atomic E-state index is -4.56. The van der Waals surface area contributed by atoms with E-state index >= 15 is 0 Å². The second-order valence-corrected chi connectivity index (χ2v) is 4.45. The van der Waals surface area contributed by atoms with Crippen molar-refractivity contribution in [1.29, 1.82) is 0 Å². The lowest BCUT2D eigenvalue weighted by molar-refractivity contribution is -0.153. The van der Waals surface area contributed by atoms with Gasteiger partial charge in [-0.25, -0.2) is 8.78 Å². The highest BCUT2D eigenvalue weighted by molar-refractivity contribution is 6.05. The number of ether oxygens (including phenoxy) is 1. The quantitative estimate of drug-likeness (QED) is 0.855. The monoisotopic (exact) mass is 331 g/mol. The average molecular weight is 331 g/mol. The van der Waals surface area contributed by atoms with Gasteiger partial charge in [-0.05, 0) is 24.3 Å². The van der Waals surface area contributed by atoms with Gasteiger partial charge in [0, 0.05) is 0 Å². The van der Waals surface area contributed by atoms with E-state index in [0.29, 0.717) is 0 Å². The number of carbonyl (C=O) groups is 1. The van der Waals surface area contributed by atoms with E-state index < -0.39 is 35.9 Å². The fraction of sp³-hybridized carbons (Fsp3) is 0.133. The van der Waals surface area contributed by atoms with E-state index in [-0.39, 0.29) is 11.4 Å². The number of anilines is 1. The Hall–Kier alpha value is -2.64. The van der Waals surface area contributed by atoms with E-state index in [1.807, 2.05) is 0 Å². The summed E-state index contributed by atoms with van der Waals surface area (Å²) in [4.78, 5) is 11.9. The highest BCUT2D eigenvalue weighted by Gasteiger charge is 2.29. The van der Waals surface area contributed by atoms with Crippen LogP contribution in [0.15, 0.2) is 42.5 Å². The number of alkyl halides is 3. The van der Waals surface area contributed by atoms with E-state index in [2.05, 4.69) is 10.1 Å². The van der Waals surface area contributed by atoms with Gasteiger partial charge in [0.1, 0.15) is 22.9 Å². The molecule has 0 spiro atoms. The molecule has 1 amide bonds. The van der Waals surface area contributed by atoms with Crippen LogP contribution in [-0.4, -0.2) is 18.7 Å². The van der Waals surface area contributed by atoms with Gasteiger partial charge in [-0.2, -0.15) is 13.2 Å². The van der Waals surface area contributed by atoms with Crippen LogP contribution in [0.3, 0.4) is 0 Å². The molecule has 23 heavy (non-hydrogen) atoms. The summed E-state index contributed by atoms with van der Waals surface area (Å²) in [6.07, 6.45) is -4.56. The molecule has 0 radical (unpaired) electrons. The van der Waals surface area contributed by atoms with Crippen LogP contribution in [0.4, 0.5) is 27.6 Å². The van der Waals surface area contributed by atoms with Crippen LogP contribution in [0.5, 0.6) is 5.75 Å². The van der Waals surface area contributed by atoms with Crippen molar-refractivity contribution in [3.05, 3.63) is 59.7 Å². The highest BCUT2D eigenvalue weighted by atomic mass is 19.4. The molecule has 8 heteroatoms. The van der Waals surface area contributed by atoms with E-state index in [1.54, 1.807) is 0 Å². The molecule has 0 unspecified atom stereocenters. The molecule has 0 bridgehead atoms. The van der Waals surface area contributed by atoms with Crippen molar-refractivity contribution in [3.8, 4) is 5.75 Å². The van der Waals surface area contributed by atoms with E-state index in [0.717, 1.165) is 18.2 Å². The average Bonchev–Trinajstić information content (AvgIpc) is 2.45. The van der Waals surface area contributed by atoms with Crippen LogP contribution in [0.1, 0.15) is 10.4 Å². The minimum absolute atomic E-state index is 0.135. The van der Waals surface area contributed by atoms with Crippen LogP contribution in [0.2, 0.25) is 0 Å². The second-order valence-electron chi connectivity index (χ2n) is 4.45.